The van der Waals surface area contributed by atoms with Crippen LogP contribution < -0.4 is 10.6 Å². The monoisotopic (exact) mass is 336 g/mol. The SMILES string of the molecule is CN(C)CCNC(=O)c1csc(NC(=O)c2cccc(F)c2)n1. The number of likely N-dealkylation sites (N-methyl/N-ethyl adjacent to an activating group) is 1. The third-order valence-corrected chi connectivity index (χ3v) is 3.65. The van der Waals surface area contributed by atoms with Gasteiger partial charge in [-0.25, -0.2) is 9.37 Å². The lowest BCUT2D eigenvalue weighted by Crippen LogP contribution is -2.31. The van der Waals surface area contributed by atoms with E-state index in [0.29, 0.717) is 6.54 Å². The normalized spacial score (nSPS) is 10.6. The van der Waals surface area contributed by atoms with Crippen molar-refractivity contribution in [1.29, 1.82) is 0 Å². The zero-order chi connectivity index (χ0) is 16.8. The van der Waals surface area contributed by atoms with E-state index in [-0.39, 0.29) is 22.3 Å². The van der Waals surface area contributed by atoms with Gasteiger partial charge < -0.3 is 10.2 Å². The summed E-state index contributed by atoms with van der Waals surface area (Å²) < 4.78 is 13.1. The van der Waals surface area contributed by atoms with Crippen molar-refractivity contribution in [2.45, 2.75) is 0 Å². The molecule has 0 aliphatic carbocycles. The lowest BCUT2D eigenvalue weighted by molar-refractivity contribution is 0.0945. The first kappa shape index (κ1) is 17.0. The smallest absolute Gasteiger partial charge is 0.270 e. The Morgan fingerprint density at radius 2 is 2.09 bits per heavy atom. The van der Waals surface area contributed by atoms with E-state index in [1.54, 1.807) is 5.38 Å². The fourth-order valence-corrected chi connectivity index (χ4v) is 2.40. The van der Waals surface area contributed by atoms with Crippen LogP contribution in [-0.2, 0) is 0 Å². The summed E-state index contributed by atoms with van der Waals surface area (Å²) in [7, 11) is 3.82. The highest BCUT2D eigenvalue weighted by Crippen LogP contribution is 2.16. The van der Waals surface area contributed by atoms with Crippen molar-refractivity contribution in [3.8, 4) is 0 Å². The Kier molecular flexibility index (Phi) is 5.78. The molecule has 0 aliphatic heterocycles. The van der Waals surface area contributed by atoms with Gasteiger partial charge in [-0.05, 0) is 32.3 Å². The number of benzene rings is 1. The molecule has 0 fully saturated rings. The second-order valence-corrected chi connectivity index (χ2v) is 5.92. The van der Waals surface area contributed by atoms with Gasteiger partial charge >= 0.3 is 0 Å². The maximum atomic E-state index is 13.1. The van der Waals surface area contributed by atoms with Gasteiger partial charge in [-0.2, -0.15) is 0 Å². The molecule has 0 aliphatic rings. The van der Waals surface area contributed by atoms with Gasteiger partial charge in [0.05, 0.1) is 0 Å². The minimum Gasteiger partial charge on any atom is -0.349 e. The first-order valence-corrected chi connectivity index (χ1v) is 7.79. The predicted octanol–water partition coefficient (Wildman–Crippen LogP) is 1.83. The molecule has 2 amide bonds. The molecule has 0 saturated carbocycles. The van der Waals surface area contributed by atoms with E-state index in [1.807, 2.05) is 19.0 Å². The third-order valence-electron chi connectivity index (χ3n) is 2.89. The van der Waals surface area contributed by atoms with E-state index in [2.05, 4.69) is 15.6 Å². The van der Waals surface area contributed by atoms with Gasteiger partial charge in [0.15, 0.2) is 5.13 Å². The van der Waals surface area contributed by atoms with Crippen molar-refractivity contribution in [2.75, 3.05) is 32.5 Å². The lowest BCUT2D eigenvalue weighted by Gasteiger charge is -2.09. The molecular weight excluding hydrogens is 319 g/mol. The van der Waals surface area contributed by atoms with Crippen molar-refractivity contribution in [3.63, 3.8) is 0 Å². The number of carbonyl (C=O) groups excluding carboxylic acids is 2. The molecule has 2 N–H and O–H groups in total. The number of thiazole rings is 1. The molecule has 8 heteroatoms. The van der Waals surface area contributed by atoms with Gasteiger partial charge in [0.25, 0.3) is 11.8 Å². The average molecular weight is 336 g/mol. The standard InChI is InChI=1S/C15H17FN4O2S/c1-20(2)7-6-17-14(22)12-9-23-15(18-12)19-13(21)10-4-3-5-11(16)8-10/h3-5,8-9H,6-7H2,1-2H3,(H,17,22)(H,18,19,21). The van der Waals surface area contributed by atoms with Crippen LogP contribution >= 0.6 is 11.3 Å². The number of carbonyl (C=O) groups is 2. The van der Waals surface area contributed by atoms with E-state index in [9.17, 15) is 14.0 Å². The van der Waals surface area contributed by atoms with Gasteiger partial charge in [0, 0.05) is 24.0 Å². The van der Waals surface area contributed by atoms with Crippen LogP contribution in [0.2, 0.25) is 0 Å². The Labute approximate surface area is 137 Å². The second kappa shape index (κ2) is 7.80. The number of rotatable bonds is 6. The lowest BCUT2D eigenvalue weighted by atomic mass is 10.2. The number of nitrogens with zero attached hydrogens (tertiary/aromatic N) is 2. The van der Waals surface area contributed by atoms with E-state index in [1.165, 1.54) is 18.2 Å². The van der Waals surface area contributed by atoms with E-state index in [4.69, 9.17) is 0 Å². The number of halogens is 1. The minimum absolute atomic E-state index is 0.192. The number of aromatic nitrogens is 1. The predicted molar refractivity (Wildman–Crippen MR) is 87.4 cm³/mol. The molecule has 2 rings (SSSR count). The molecule has 0 atom stereocenters. The summed E-state index contributed by atoms with van der Waals surface area (Å²) in [5, 5.41) is 7.14. The summed E-state index contributed by atoms with van der Waals surface area (Å²) in [5.41, 5.74) is 0.431. The Morgan fingerprint density at radius 1 is 1.30 bits per heavy atom. The molecular formula is C15H17FN4O2S. The van der Waals surface area contributed by atoms with Crippen LogP contribution in [0.25, 0.3) is 0 Å². The molecule has 0 unspecified atom stereocenters. The Morgan fingerprint density at radius 3 is 2.78 bits per heavy atom. The van der Waals surface area contributed by atoms with Gasteiger partial charge in [0.1, 0.15) is 11.5 Å². The highest BCUT2D eigenvalue weighted by Gasteiger charge is 2.13. The number of anilines is 1. The highest BCUT2D eigenvalue weighted by molar-refractivity contribution is 7.14. The van der Waals surface area contributed by atoms with Crippen LogP contribution in [0.1, 0.15) is 20.8 Å². The van der Waals surface area contributed by atoms with Crippen LogP contribution in [0.15, 0.2) is 29.6 Å². The van der Waals surface area contributed by atoms with Gasteiger partial charge in [-0.1, -0.05) is 6.07 Å². The van der Waals surface area contributed by atoms with Crippen LogP contribution in [0.4, 0.5) is 9.52 Å². The van der Waals surface area contributed by atoms with Crippen molar-refractivity contribution in [3.05, 3.63) is 46.7 Å². The van der Waals surface area contributed by atoms with Crippen molar-refractivity contribution >= 4 is 28.3 Å². The number of nitrogens with one attached hydrogen (secondary N) is 2. The van der Waals surface area contributed by atoms with E-state index in [0.717, 1.165) is 23.9 Å². The Bertz CT molecular complexity index is 702. The van der Waals surface area contributed by atoms with Crippen molar-refractivity contribution in [1.82, 2.24) is 15.2 Å². The molecule has 0 radical (unpaired) electrons. The second-order valence-electron chi connectivity index (χ2n) is 5.06. The number of amides is 2. The molecule has 1 aromatic carbocycles. The summed E-state index contributed by atoms with van der Waals surface area (Å²) in [4.78, 5) is 29.9. The molecule has 0 bridgehead atoms. The summed E-state index contributed by atoms with van der Waals surface area (Å²) >= 11 is 1.14. The van der Waals surface area contributed by atoms with Crippen LogP contribution in [0.3, 0.4) is 0 Å². The quantitative estimate of drug-likeness (QED) is 0.844. The maximum Gasteiger partial charge on any atom is 0.270 e. The fraction of sp³-hybridized carbons (Fsp3) is 0.267. The Balaban J connectivity index is 1.94. The molecule has 0 spiro atoms. The third kappa shape index (κ3) is 5.11. The summed E-state index contributed by atoms with van der Waals surface area (Å²) in [6, 6.07) is 5.35. The zero-order valence-corrected chi connectivity index (χ0v) is 13.6. The Hall–Kier alpha value is -2.32. The summed E-state index contributed by atoms with van der Waals surface area (Å²) in [6.07, 6.45) is 0. The number of hydrogen-bond acceptors (Lipinski definition) is 5. The summed E-state index contributed by atoms with van der Waals surface area (Å²) in [6.45, 7) is 1.23. The van der Waals surface area contributed by atoms with E-state index >= 15 is 0 Å². The largest absolute Gasteiger partial charge is 0.349 e. The zero-order valence-electron chi connectivity index (χ0n) is 12.8. The van der Waals surface area contributed by atoms with E-state index < -0.39 is 11.7 Å². The molecule has 1 heterocycles. The molecule has 122 valence electrons. The van der Waals surface area contributed by atoms with Crippen LogP contribution in [-0.4, -0.2) is 48.9 Å². The van der Waals surface area contributed by atoms with Crippen molar-refractivity contribution < 1.29 is 14.0 Å². The minimum atomic E-state index is -0.488. The highest BCUT2D eigenvalue weighted by atomic mass is 32.1. The molecule has 1 aromatic heterocycles. The van der Waals surface area contributed by atoms with Gasteiger partial charge in [0.2, 0.25) is 0 Å². The first-order valence-electron chi connectivity index (χ1n) is 6.91. The molecule has 2 aromatic rings. The van der Waals surface area contributed by atoms with Crippen LogP contribution in [0.5, 0.6) is 0 Å². The van der Waals surface area contributed by atoms with Gasteiger partial charge in [-0.15, -0.1) is 11.3 Å². The average Bonchev–Trinajstić information content (AvgIpc) is 2.95. The van der Waals surface area contributed by atoms with Crippen molar-refractivity contribution in [2.24, 2.45) is 0 Å². The fourth-order valence-electron chi connectivity index (χ4n) is 1.72. The van der Waals surface area contributed by atoms with Gasteiger partial charge in [-0.3, -0.25) is 14.9 Å². The molecule has 6 nitrogen and oxygen atoms in total. The summed E-state index contributed by atoms with van der Waals surface area (Å²) in [5.74, 6) is -1.26. The maximum absolute atomic E-state index is 13.1. The molecule has 23 heavy (non-hydrogen) atoms. The first-order chi connectivity index (χ1) is 11.0. The van der Waals surface area contributed by atoms with Crippen LogP contribution in [0, 0.1) is 5.82 Å². The number of hydrogen-bond donors (Lipinski definition) is 2. The topological polar surface area (TPSA) is 74.3 Å². The molecule has 0 saturated heterocycles.